The molecule has 4 rings (SSSR count). The van der Waals surface area contributed by atoms with Crippen molar-refractivity contribution in [1.82, 2.24) is 5.32 Å². The van der Waals surface area contributed by atoms with Crippen LogP contribution in [0, 0.1) is 11.7 Å². The summed E-state index contributed by atoms with van der Waals surface area (Å²) >= 11 is 0. The first-order valence-electron chi connectivity index (χ1n) is 11.5. The Kier molecular flexibility index (Phi) is 6.85. The number of carbonyl (C=O) groups is 1. The van der Waals surface area contributed by atoms with Gasteiger partial charge in [0.15, 0.2) is 0 Å². The Balaban J connectivity index is 1.29. The third-order valence-electron chi connectivity index (χ3n) is 6.62. The predicted octanol–water partition coefficient (Wildman–Crippen LogP) is 3.44. The van der Waals surface area contributed by atoms with E-state index in [-0.39, 0.29) is 37.1 Å². The van der Waals surface area contributed by atoms with Gasteiger partial charge in [-0.25, -0.2) is 4.39 Å². The standard InChI is InChI=1S/C26H32FNO6/c1-14(18-6-5-7-20-21(18)22-23(25(30)31)24(22)34-20)33-13-16(29)12-28-26(2,3)11-15-8-9-17(32-4)10-19(15)27/h5-10,14,16,22-24,28-29H,11-13H2,1-4H3,(H,30,31)/t14-,16-,22+,23+,24+/m1/s1. The van der Waals surface area contributed by atoms with Crippen molar-refractivity contribution in [3.63, 3.8) is 0 Å². The van der Waals surface area contributed by atoms with Crippen molar-refractivity contribution in [1.29, 1.82) is 0 Å². The van der Waals surface area contributed by atoms with Gasteiger partial charge in [0.1, 0.15) is 29.3 Å². The second kappa shape index (κ2) is 9.52. The summed E-state index contributed by atoms with van der Waals surface area (Å²) in [6.45, 7) is 6.16. The minimum absolute atomic E-state index is 0.0993. The number of halogens is 1. The Morgan fingerprint density at radius 3 is 2.74 bits per heavy atom. The number of ether oxygens (including phenoxy) is 3. The van der Waals surface area contributed by atoms with E-state index in [1.807, 2.05) is 39.0 Å². The minimum atomic E-state index is -0.845. The third-order valence-corrected chi connectivity index (χ3v) is 6.62. The van der Waals surface area contributed by atoms with Gasteiger partial charge in [0, 0.05) is 29.6 Å². The van der Waals surface area contributed by atoms with Crippen LogP contribution in [-0.2, 0) is 16.0 Å². The molecule has 0 unspecified atom stereocenters. The Morgan fingerprint density at radius 1 is 1.29 bits per heavy atom. The number of aliphatic hydroxyl groups is 1. The summed E-state index contributed by atoms with van der Waals surface area (Å²) in [5.74, 6) is -0.624. The van der Waals surface area contributed by atoms with Gasteiger partial charge in [-0.3, -0.25) is 4.79 Å². The van der Waals surface area contributed by atoms with Gasteiger partial charge in [-0.1, -0.05) is 18.2 Å². The molecule has 0 aromatic heterocycles. The molecule has 1 saturated carbocycles. The molecule has 2 aliphatic rings. The number of nitrogens with one attached hydrogen (secondary N) is 1. The van der Waals surface area contributed by atoms with Crippen LogP contribution in [0.2, 0.25) is 0 Å². The van der Waals surface area contributed by atoms with Crippen molar-refractivity contribution in [3.8, 4) is 11.5 Å². The van der Waals surface area contributed by atoms with E-state index in [2.05, 4.69) is 5.32 Å². The molecule has 0 amide bonds. The van der Waals surface area contributed by atoms with Crippen molar-refractivity contribution in [3.05, 3.63) is 58.9 Å². The Morgan fingerprint density at radius 2 is 2.06 bits per heavy atom. The van der Waals surface area contributed by atoms with Crippen molar-refractivity contribution in [2.24, 2.45) is 5.92 Å². The molecule has 3 N–H and O–H groups in total. The van der Waals surface area contributed by atoms with Crippen LogP contribution in [0.25, 0.3) is 0 Å². The second-order valence-corrected chi connectivity index (χ2v) is 9.76. The highest BCUT2D eigenvalue weighted by molar-refractivity contribution is 5.79. The summed E-state index contributed by atoms with van der Waals surface area (Å²) < 4.78 is 31.1. The molecule has 2 aromatic carbocycles. The highest BCUT2D eigenvalue weighted by Gasteiger charge is 2.63. The first kappa shape index (κ1) is 24.4. The van der Waals surface area contributed by atoms with Crippen LogP contribution in [0.4, 0.5) is 4.39 Å². The van der Waals surface area contributed by atoms with Gasteiger partial charge in [0.25, 0.3) is 0 Å². The predicted molar refractivity (Wildman–Crippen MR) is 124 cm³/mol. The maximum Gasteiger partial charge on any atom is 0.311 e. The number of benzene rings is 2. The van der Waals surface area contributed by atoms with Gasteiger partial charge in [-0.05, 0) is 50.5 Å². The molecule has 0 saturated heterocycles. The minimum Gasteiger partial charge on any atom is -0.497 e. The van der Waals surface area contributed by atoms with E-state index in [9.17, 15) is 19.4 Å². The van der Waals surface area contributed by atoms with Crippen molar-refractivity contribution in [2.75, 3.05) is 20.3 Å². The third kappa shape index (κ3) is 5.04. The average Bonchev–Trinajstić information content (AvgIpc) is 3.38. The Hall–Kier alpha value is -2.68. The van der Waals surface area contributed by atoms with E-state index in [1.54, 1.807) is 12.1 Å². The first-order valence-corrected chi connectivity index (χ1v) is 11.5. The fourth-order valence-electron chi connectivity index (χ4n) is 4.72. The molecule has 1 aliphatic heterocycles. The SMILES string of the molecule is COc1ccc(CC(C)(C)NC[C@@H](O)CO[C@H](C)c2cccc3c2[C@@H]2[C@H](O3)[C@H]2C(=O)O)c(F)c1. The topological polar surface area (TPSA) is 97.3 Å². The van der Waals surface area contributed by atoms with Crippen LogP contribution < -0.4 is 14.8 Å². The fraction of sp³-hybridized carbons (Fsp3) is 0.500. The zero-order valence-electron chi connectivity index (χ0n) is 19.9. The van der Waals surface area contributed by atoms with Gasteiger partial charge >= 0.3 is 5.97 Å². The molecule has 1 aliphatic carbocycles. The van der Waals surface area contributed by atoms with E-state index in [4.69, 9.17) is 14.2 Å². The highest BCUT2D eigenvalue weighted by Crippen LogP contribution is 2.60. The molecule has 0 spiro atoms. The lowest BCUT2D eigenvalue weighted by atomic mass is 9.94. The number of β-amino-alcohol motifs (C(OH)–C–C–N with tert-alkyl or cyclic N) is 1. The molecule has 1 fully saturated rings. The van der Waals surface area contributed by atoms with Crippen molar-refractivity contribution < 1.29 is 33.6 Å². The lowest BCUT2D eigenvalue weighted by Gasteiger charge is -2.28. The average molecular weight is 474 g/mol. The van der Waals surface area contributed by atoms with Crippen LogP contribution in [0.1, 0.15) is 49.5 Å². The van der Waals surface area contributed by atoms with Gasteiger partial charge < -0.3 is 29.7 Å². The molecule has 1 heterocycles. The van der Waals surface area contributed by atoms with Gasteiger partial charge in [0.05, 0.1) is 25.9 Å². The number of hydrogen-bond acceptors (Lipinski definition) is 6. The van der Waals surface area contributed by atoms with E-state index >= 15 is 0 Å². The molecule has 184 valence electrons. The molecular formula is C26H32FNO6. The van der Waals surface area contributed by atoms with Crippen LogP contribution in [0.15, 0.2) is 36.4 Å². The number of carboxylic acid groups (broad SMARTS) is 1. The number of aliphatic hydroxyl groups excluding tert-OH is 1. The zero-order chi connectivity index (χ0) is 24.6. The lowest BCUT2D eigenvalue weighted by Crippen LogP contribution is -2.46. The number of aliphatic carboxylic acids is 1. The zero-order valence-corrected chi connectivity index (χ0v) is 19.9. The maximum atomic E-state index is 14.3. The summed E-state index contributed by atoms with van der Waals surface area (Å²) in [5, 5.41) is 23.1. The molecule has 34 heavy (non-hydrogen) atoms. The molecule has 2 aromatic rings. The summed E-state index contributed by atoms with van der Waals surface area (Å²) in [6, 6.07) is 10.4. The molecule has 0 bridgehead atoms. The summed E-state index contributed by atoms with van der Waals surface area (Å²) in [7, 11) is 1.50. The summed E-state index contributed by atoms with van der Waals surface area (Å²) in [6.07, 6.45) is -0.955. The normalized spacial score (nSPS) is 22.4. The quantitative estimate of drug-likeness (QED) is 0.460. The van der Waals surface area contributed by atoms with E-state index in [0.717, 1.165) is 16.9 Å². The highest BCUT2D eigenvalue weighted by atomic mass is 19.1. The fourth-order valence-corrected chi connectivity index (χ4v) is 4.72. The molecule has 7 nitrogen and oxygen atoms in total. The van der Waals surface area contributed by atoms with Gasteiger partial charge in [-0.15, -0.1) is 0 Å². The number of fused-ring (bicyclic) bond motifs is 3. The first-order chi connectivity index (χ1) is 16.1. The van der Waals surface area contributed by atoms with Crippen LogP contribution in [-0.4, -0.2) is 54.2 Å². The smallest absolute Gasteiger partial charge is 0.311 e. The summed E-state index contributed by atoms with van der Waals surface area (Å²) in [5.41, 5.74) is 1.91. The Bertz CT molecular complexity index is 1060. The molecular weight excluding hydrogens is 441 g/mol. The largest absolute Gasteiger partial charge is 0.497 e. The lowest BCUT2D eigenvalue weighted by molar-refractivity contribution is -0.139. The van der Waals surface area contributed by atoms with E-state index < -0.39 is 23.5 Å². The van der Waals surface area contributed by atoms with Crippen molar-refractivity contribution in [2.45, 2.75) is 57.0 Å². The molecule has 5 atom stereocenters. The van der Waals surface area contributed by atoms with E-state index in [0.29, 0.717) is 17.7 Å². The van der Waals surface area contributed by atoms with Crippen LogP contribution in [0.3, 0.4) is 0 Å². The number of methoxy groups -OCH3 is 1. The summed E-state index contributed by atoms with van der Waals surface area (Å²) in [4.78, 5) is 11.4. The second-order valence-electron chi connectivity index (χ2n) is 9.76. The monoisotopic (exact) mass is 473 g/mol. The maximum absolute atomic E-state index is 14.3. The van der Waals surface area contributed by atoms with Gasteiger partial charge in [0.2, 0.25) is 0 Å². The van der Waals surface area contributed by atoms with Crippen LogP contribution >= 0.6 is 0 Å². The van der Waals surface area contributed by atoms with E-state index in [1.165, 1.54) is 13.2 Å². The number of hydrogen-bond donors (Lipinski definition) is 3. The molecule has 8 heteroatoms. The number of rotatable bonds is 11. The van der Waals surface area contributed by atoms with Crippen molar-refractivity contribution >= 4 is 5.97 Å². The van der Waals surface area contributed by atoms with Crippen LogP contribution in [0.5, 0.6) is 11.5 Å². The Labute approximate surface area is 198 Å². The van der Waals surface area contributed by atoms with Gasteiger partial charge in [-0.2, -0.15) is 0 Å². The molecule has 0 radical (unpaired) electrons. The number of carboxylic acids is 1.